The first kappa shape index (κ1) is 56.5. The number of benzene rings is 14. The topological polar surface area (TPSA) is 88.0 Å². The van der Waals surface area contributed by atoms with Crippen molar-refractivity contribution in [3.05, 3.63) is 426 Å². The highest BCUT2D eigenvalue weighted by Gasteiger charge is 2.52. The lowest BCUT2D eigenvalue weighted by molar-refractivity contribution is 0.765. The maximum Gasteiger partial charge on any atom is 0.340 e. The molecule has 0 atom stereocenters. The van der Waals surface area contributed by atoms with Crippen molar-refractivity contribution >= 4 is 21.8 Å². The number of nitrogens with zero attached hydrogens (tertiary/aromatic N) is 4. The molecule has 98 heavy (non-hydrogen) atoms. The fraction of sp³-hybridized carbons (Fsp3) is 0.0222. The summed E-state index contributed by atoms with van der Waals surface area (Å²) in [5.41, 5.74) is 21.8. The van der Waals surface area contributed by atoms with Crippen LogP contribution in [0.15, 0.2) is 359 Å². The summed E-state index contributed by atoms with van der Waals surface area (Å²) in [6, 6.07) is 115. The molecule has 3 aliphatic rings. The van der Waals surface area contributed by atoms with Crippen LogP contribution in [0.25, 0.3) is 111 Å². The Bertz CT molecular complexity index is 6160. The summed E-state index contributed by atoms with van der Waals surface area (Å²) < 4.78 is 5.98. The molecule has 0 unspecified atom stereocenters. The fourth-order valence-corrected chi connectivity index (χ4v) is 16.6. The smallest absolute Gasteiger partial charge is 0.268 e. The molecular formula is C90H56N4O4. The van der Waals surface area contributed by atoms with Crippen LogP contribution < -0.4 is 22.5 Å². The van der Waals surface area contributed by atoms with Gasteiger partial charge in [-0.25, -0.2) is 18.7 Å². The van der Waals surface area contributed by atoms with Crippen LogP contribution in [0.5, 0.6) is 0 Å². The second kappa shape index (κ2) is 21.8. The Labute approximate surface area is 563 Å². The van der Waals surface area contributed by atoms with E-state index in [1.807, 2.05) is 140 Å². The van der Waals surface area contributed by atoms with Gasteiger partial charge >= 0.3 is 11.4 Å². The normalized spacial score (nSPS) is 13.2. The molecule has 3 aliphatic carbocycles. The molecule has 0 N–H and O–H groups in total. The van der Waals surface area contributed by atoms with Crippen molar-refractivity contribution < 1.29 is 0 Å². The van der Waals surface area contributed by atoms with Crippen molar-refractivity contribution in [2.45, 2.75) is 10.8 Å². The third-order valence-corrected chi connectivity index (χ3v) is 20.9. The van der Waals surface area contributed by atoms with Gasteiger partial charge < -0.3 is 0 Å². The predicted octanol–water partition coefficient (Wildman–Crippen LogP) is 18.3. The van der Waals surface area contributed by atoms with Crippen LogP contribution in [0.2, 0.25) is 0 Å². The summed E-state index contributed by atoms with van der Waals surface area (Å²) in [6.45, 7) is 0. The largest absolute Gasteiger partial charge is 0.340 e. The van der Waals surface area contributed by atoms with Gasteiger partial charge in [-0.1, -0.05) is 261 Å². The second-order valence-corrected chi connectivity index (χ2v) is 25.7. The number of hydrogen-bond donors (Lipinski definition) is 0. The van der Waals surface area contributed by atoms with Crippen molar-refractivity contribution in [3.63, 3.8) is 0 Å². The molecule has 0 fully saturated rings. The first-order valence-corrected chi connectivity index (χ1v) is 33.0. The van der Waals surface area contributed by atoms with E-state index in [4.69, 9.17) is 0 Å². The van der Waals surface area contributed by atoms with Gasteiger partial charge in [0.1, 0.15) is 0 Å². The van der Waals surface area contributed by atoms with E-state index in [1.54, 1.807) is 21.3 Å². The molecule has 0 amide bonds. The summed E-state index contributed by atoms with van der Waals surface area (Å²) in [6.07, 6.45) is 0. The Morgan fingerprint density at radius 2 is 0.520 bits per heavy atom. The maximum atomic E-state index is 15.4. The molecule has 0 bridgehead atoms. The minimum absolute atomic E-state index is 0.381. The van der Waals surface area contributed by atoms with E-state index in [9.17, 15) is 9.59 Å². The van der Waals surface area contributed by atoms with Crippen molar-refractivity contribution in [3.8, 4) is 89.5 Å². The Morgan fingerprint density at radius 3 is 0.990 bits per heavy atom. The number of fused-ring (bicyclic) bond motifs is 15. The molecule has 16 aromatic rings. The van der Waals surface area contributed by atoms with Crippen molar-refractivity contribution in [1.29, 1.82) is 0 Å². The van der Waals surface area contributed by atoms with Crippen molar-refractivity contribution in [2.75, 3.05) is 0 Å². The Balaban J connectivity index is 0.692. The van der Waals surface area contributed by atoms with Crippen LogP contribution >= 0.6 is 0 Å². The zero-order chi connectivity index (χ0) is 65.4. The fourth-order valence-electron chi connectivity index (χ4n) is 16.6. The van der Waals surface area contributed by atoms with Gasteiger partial charge in [0, 0.05) is 0 Å². The van der Waals surface area contributed by atoms with E-state index in [0.717, 1.165) is 94.6 Å². The number of rotatable bonds is 9. The van der Waals surface area contributed by atoms with Gasteiger partial charge in [0.2, 0.25) is 0 Å². The highest BCUT2D eigenvalue weighted by Crippen LogP contribution is 2.63. The third-order valence-electron chi connectivity index (χ3n) is 20.9. The van der Waals surface area contributed by atoms with Crippen LogP contribution in [-0.4, -0.2) is 18.3 Å². The second-order valence-electron chi connectivity index (χ2n) is 25.7. The van der Waals surface area contributed by atoms with E-state index >= 15 is 9.59 Å². The van der Waals surface area contributed by atoms with E-state index in [-0.39, 0.29) is 5.56 Å². The van der Waals surface area contributed by atoms with Crippen molar-refractivity contribution in [2.24, 2.45) is 0 Å². The predicted molar refractivity (Wildman–Crippen MR) is 394 cm³/mol. The Morgan fingerprint density at radius 1 is 0.204 bits per heavy atom. The van der Waals surface area contributed by atoms with Gasteiger partial charge in [0.25, 0.3) is 11.1 Å². The highest BCUT2D eigenvalue weighted by atomic mass is 16.2. The van der Waals surface area contributed by atoms with Gasteiger partial charge in [-0.05, 0) is 190 Å². The van der Waals surface area contributed by atoms with Crippen LogP contribution in [0.3, 0.4) is 0 Å². The standard InChI is InChI=1S/C90H56N4O4/c95-85-74-29-13-18-34-83(74)91(67-49-51-72-71-28-10-15-31-77(71)89(81(72)55-67,63-22-6-2-7-23-63)64-24-8-3-9-25-64)87(97)94(85)66-47-42-60(43-48-66)58-36-38-61(39-37-58)62-44-53-80-76(54-62)73-52-50-68(56-82(73)90(80)78-32-16-11-26-69(78)70-27-12-17-33-79(70)90)92-84-35-19-14-30-75(84)86(96)93(88(92)98)65-45-40-59(41-46-65)57-20-4-1-5-21-57/h1-56H. The summed E-state index contributed by atoms with van der Waals surface area (Å²) in [4.78, 5) is 60.0. The number of para-hydroxylation sites is 2. The first-order valence-electron chi connectivity index (χ1n) is 33.0. The molecule has 8 nitrogen and oxygen atoms in total. The van der Waals surface area contributed by atoms with Crippen molar-refractivity contribution in [1.82, 2.24) is 18.3 Å². The van der Waals surface area contributed by atoms with Gasteiger partial charge in [-0.15, -0.1) is 0 Å². The lowest BCUT2D eigenvalue weighted by atomic mass is 9.67. The third kappa shape index (κ3) is 8.06. The quantitative estimate of drug-likeness (QED) is 0.144. The lowest BCUT2D eigenvalue weighted by Crippen LogP contribution is -2.38. The molecule has 0 saturated heterocycles. The monoisotopic (exact) mass is 1260 g/mol. The SMILES string of the molecule is O=c1c2ccccc2n(-c2ccc3c(c2)C(c2ccccc2)(c2ccccc2)c2ccccc2-3)c(=O)n1-c1ccc(-c2ccc(-c3ccc4c(c3)-c3ccc(-n5c(=O)n(-c6ccc(-c7ccccc7)cc6)c(=O)c6ccccc65)cc3C43c4ccccc4-c4ccccc43)cc2)cc1. The molecule has 2 aromatic heterocycles. The zero-order valence-electron chi connectivity index (χ0n) is 52.8. The number of aromatic nitrogens is 4. The minimum Gasteiger partial charge on any atom is -0.268 e. The Hall–Kier alpha value is -13.0. The molecule has 2 heterocycles. The summed E-state index contributed by atoms with van der Waals surface area (Å²) in [7, 11) is 0. The number of hydrogen-bond acceptors (Lipinski definition) is 4. The van der Waals surface area contributed by atoms with Crippen LogP contribution in [-0.2, 0) is 10.8 Å². The van der Waals surface area contributed by atoms with E-state index in [0.29, 0.717) is 44.6 Å². The molecule has 0 radical (unpaired) electrons. The van der Waals surface area contributed by atoms with E-state index in [2.05, 4.69) is 188 Å². The minimum atomic E-state index is -0.735. The van der Waals surface area contributed by atoms with Gasteiger partial charge in [0.15, 0.2) is 0 Å². The van der Waals surface area contributed by atoms with Crippen LogP contribution in [0.4, 0.5) is 0 Å². The highest BCUT2D eigenvalue weighted by molar-refractivity contribution is 5.97. The average molecular weight is 1260 g/mol. The van der Waals surface area contributed by atoms with Gasteiger partial charge in [-0.2, -0.15) is 0 Å². The molecule has 0 saturated carbocycles. The van der Waals surface area contributed by atoms with Gasteiger partial charge in [0.05, 0.1) is 55.4 Å². The van der Waals surface area contributed by atoms with E-state index in [1.165, 1.54) is 25.8 Å². The van der Waals surface area contributed by atoms with Crippen LogP contribution in [0, 0.1) is 0 Å². The maximum absolute atomic E-state index is 15.4. The summed E-state index contributed by atoms with van der Waals surface area (Å²) in [5.74, 6) is 0. The molecule has 0 aliphatic heterocycles. The Kier molecular flexibility index (Phi) is 12.5. The zero-order valence-corrected chi connectivity index (χ0v) is 52.8. The molecule has 460 valence electrons. The first-order chi connectivity index (χ1) is 48.3. The van der Waals surface area contributed by atoms with Gasteiger partial charge in [-0.3, -0.25) is 18.7 Å². The molecule has 19 rings (SSSR count). The lowest BCUT2D eigenvalue weighted by Gasteiger charge is -2.34. The average Bonchev–Trinajstić information content (AvgIpc) is 1.51. The summed E-state index contributed by atoms with van der Waals surface area (Å²) >= 11 is 0. The van der Waals surface area contributed by atoms with Crippen LogP contribution in [0.1, 0.15) is 44.5 Å². The molecule has 8 heteroatoms. The molecule has 1 spiro atoms. The summed E-state index contributed by atoms with van der Waals surface area (Å²) in [5, 5.41) is 0.855. The molecular weight excluding hydrogens is 1200 g/mol. The molecule has 14 aromatic carbocycles. The van der Waals surface area contributed by atoms with E-state index < -0.39 is 27.8 Å².